The van der Waals surface area contributed by atoms with Crippen molar-refractivity contribution in [3.05, 3.63) is 18.2 Å². The number of β-amino-alcohol motifs (C(OH)–C–C–N with tert-alkyl or cyclic N) is 2. The van der Waals surface area contributed by atoms with Gasteiger partial charge in [-0.1, -0.05) is 0 Å². The summed E-state index contributed by atoms with van der Waals surface area (Å²) in [6.45, 7) is -0.298. The minimum Gasteiger partial charge on any atom is -0.497 e. The maximum Gasteiger partial charge on any atom is 0.247 e. The highest BCUT2D eigenvalue weighted by Gasteiger charge is 2.38. The lowest BCUT2D eigenvalue weighted by molar-refractivity contribution is 0.0572. The third kappa shape index (κ3) is 2.59. The molecule has 2 N–H and O–H groups in total. The van der Waals surface area contributed by atoms with Gasteiger partial charge in [-0.2, -0.15) is 4.31 Å². The number of sulfonamides is 1. The van der Waals surface area contributed by atoms with Crippen molar-refractivity contribution in [2.45, 2.75) is 17.1 Å². The van der Waals surface area contributed by atoms with Gasteiger partial charge in [0.1, 0.15) is 16.4 Å². The first kappa shape index (κ1) is 15.0. The predicted octanol–water partition coefficient (Wildman–Crippen LogP) is -0.570. The second-order valence-corrected chi connectivity index (χ2v) is 6.38. The second-order valence-electron chi connectivity index (χ2n) is 4.47. The standard InChI is InChI=1S/C12H17NO6S/c1-18-8-3-4-11(19-2)12(5-8)20(16,17)13-6-9(14)10(15)7-13/h3-5,9-10,14-15H,6-7H2,1-2H3. The molecule has 1 aliphatic rings. The Labute approximate surface area is 117 Å². The monoisotopic (exact) mass is 303 g/mol. The van der Waals surface area contributed by atoms with Crippen LogP contribution in [0.25, 0.3) is 0 Å². The summed E-state index contributed by atoms with van der Waals surface area (Å²) in [6.07, 6.45) is -2.16. The van der Waals surface area contributed by atoms with E-state index in [2.05, 4.69) is 0 Å². The van der Waals surface area contributed by atoms with Gasteiger partial charge in [0, 0.05) is 19.2 Å². The Kier molecular flexibility index (Phi) is 4.19. The molecule has 0 radical (unpaired) electrons. The number of rotatable bonds is 4. The molecule has 2 atom stereocenters. The molecule has 2 rings (SSSR count). The van der Waals surface area contributed by atoms with Crippen LogP contribution in [0.15, 0.2) is 23.1 Å². The summed E-state index contributed by atoms with van der Waals surface area (Å²) in [6, 6.07) is 4.44. The Hall–Kier alpha value is -1.35. The van der Waals surface area contributed by atoms with Crippen molar-refractivity contribution in [1.29, 1.82) is 0 Å². The summed E-state index contributed by atoms with van der Waals surface area (Å²) in [5.74, 6) is 0.561. The van der Waals surface area contributed by atoms with Gasteiger partial charge in [-0.3, -0.25) is 0 Å². The van der Waals surface area contributed by atoms with E-state index in [-0.39, 0.29) is 23.7 Å². The number of ether oxygens (including phenoxy) is 2. The maximum absolute atomic E-state index is 12.5. The van der Waals surface area contributed by atoms with Gasteiger partial charge in [-0.15, -0.1) is 0 Å². The minimum absolute atomic E-state index is 0.0550. The summed E-state index contributed by atoms with van der Waals surface area (Å²) >= 11 is 0. The molecule has 0 aliphatic carbocycles. The second kappa shape index (κ2) is 5.57. The van der Waals surface area contributed by atoms with E-state index in [1.54, 1.807) is 6.07 Å². The van der Waals surface area contributed by atoms with Crippen LogP contribution >= 0.6 is 0 Å². The molecule has 2 unspecified atom stereocenters. The number of aliphatic hydroxyl groups is 2. The first-order valence-electron chi connectivity index (χ1n) is 5.98. The van der Waals surface area contributed by atoms with E-state index in [0.717, 1.165) is 4.31 Å². The molecule has 112 valence electrons. The van der Waals surface area contributed by atoms with Crippen LogP contribution in [0.4, 0.5) is 0 Å². The van der Waals surface area contributed by atoms with Crippen molar-refractivity contribution in [2.24, 2.45) is 0 Å². The van der Waals surface area contributed by atoms with Gasteiger partial charge in [0.05, 0.1) is 26.4 Å². The lowest BCUT2D eigenvalue weighted by Gasteiger charge is -2.18. The van der Waals surface area contributed by atoms with Crippen molar-refractivity contribution in [3.8, 4) is 11.5 Å². The summed E-state index contributed by atoms with van der Waals surface area (Å²) in [5.41, 5.74) is 0. The quantitative estimate of drug-likeness (QED) is 0.773. The van der Waals surface area contributed by atoms with Crippen molar-refractivity contribution in [3.63, 3.8) is 0 Å². The molecule has 0 spiro atoms. The fourth-order valence-electron chi connectivity index (χ4n) is 2.06. The van der Waals surface area contributed by atoms with E-state index in [4.69, 9.17) is 9.47 Å². The maximum atomic E-state index is 12.5. The first-order valence-corrected chi connectivity index (χ1v) is 7.42. The lowest BCUT2D eigenvalue weighted by Crippen LogP contribution is -2.30. The van der Waals surface area contributed by atoms with Gasteiger partial charge >= 0.3 is 0 Å². The molecule has 7 nitrogen and oxygen atoms in total. The molecule has 1 saturated heterocycles. The summed E-state index contributed by atoms with van der Waals surface area (Å²) in [4.78, 5) is -0.0550. The van der Waals surface area contributed by atoms with Crippen LogP contribution in [0.5, 0.6) is 11.5 Å². The molecule has 0 aromatic heterocycles. The molecule has 1 aliphatic heterocycles. The number of nitrogens with zero attached hydrogens (tertiary/aromatic N) is 1. The Morgan fingerprint density at radius 2 is 1.75 bits per heavy atom. The van der Waals surface area contributed by atoms with Gasteiger partial charge in [0.25, 0.3) is 0 Å². The van der Waals surface area contributed by atoms with Gasteiger partial charge in [-0.25, -0.2) is 8.42 Å². The van der Waals surface area contributed by atoms with Crippen molar-refractivity contribution >= 4 is 10.0 Å². The Balaban J connectivity index is 2.43. The SMILES string of the molecule is COc1ccc(OC)c(S(=O)(=O)N2CC(O)C(O)C2)c1. The van der Waals surface area contributed by atoms with Gasteiger partial charge in [0.15, 0.2) is 0 Å². The molecule has 1 aromatic rings. The smallest absolute Gasteiger partial charge is 0.247 e. The van der Waals surface area contributed by atoms with Crippen molar-refractivity contribution < 1.29 is 28.1 Å². The van der Waals surface area contributed by atoms with Crippen LogP contribution in [0.1, 0.15) is 0 Å². The average Bonchev–Trinajstić information content (AvgIpc) is 2.78. The zero-order valence-corrected chi connectivity index (χ0v) is 12.0. The molecule has 20 heavy (non-hydrogen) atoms. The van der Waals surface area contributed by atoms with Crippen LogP contribution in [0.3, 0.4) is 0 Å². The third-order valence-corrected chi connectivity index (χ3v) is 5.07. The zero-order valence-electron chi connectivity index (χ0n) is 11.2. The number of benzene rings is 1. The Morgan fingerprint density at radius 3 is 2.25 bits per heavy atom. The topological polar surface area (TPSA) is 96.3 Å². The highest BCUT2D eigenvalue weighted by molar-refractivity contribution is 7.89. The fraction of sp³-hybridized carbons (Fsp3) is 0.500. The van der Waals surface area contributed by atoms with Crippen molar-refractivity contribution in [1.82, 2.24) is 4.31 Å². The van der Waals surface area contributed by atoms with E-state index >= 15 is 0 Å². The molecule has 8 heteroatoms. The molecule has 0 saturated carbocycles. The number of hydrogen-bond donors (Lipinski definition) is 2. The highest BCUT2D eigenvalue weighted by Crippen LogP contribution is 2.32. The van der Waals surface area contributed by atoms with E-state index in [1.807, 2.05) is 0 Å². The average molecular weight is 303 g/mol. The van der Waals surface area contributed by atoms with E-state index in [0.29, 0.717) is 5.75 Å². The lowest BCUT2D eigenvalue weighted by atomic mass is 10.3. The predicted molar refractivity (Wildman–Crippen MR) is 70.3 cm³/mol. The van der Waals surface area contributed by atoms with Crippen LogP contribution in [0.2, 0.25) is 0 Å². The summed E-state index contributed by atoms with van der Waals surface area (Å²) in [7, 11) is -1.07. The van der Waals surface area contributed by atoms with Crippen LogP contribution in [-0.2, 0) is 10.0 Å². The summed E-state index contributed by atoms with van der Waals surface area (Å²) < 4.78 is 36.2. The number of methoxy groups -OCH3 is 2. The van der Waals surface area contributed by atoms with E-state index in [9.17, 15) is 18.6 Å². The molecule has 0 bridgehead atoms. The first-order chi connectivity index (χ1) is 9.40. The van der Waals surface area contributed by atoms with Gasteiger partial charge < -0.3 is 19.7 Å². The number of aliphatic hydroxyl groups excluding tert-OH is 2. The van der Waals surface area contributed by atoms with Crippen molar-refractivity contribution in [2.75, 3.05) is 27.3 Å². The highest BCUT2D eigenvalue weighted by atomic mass is 32.2. The Morgan fingerprint density at radius 1 is 1.15 bits per heavy atom. The van der Waals surface area contributed by atoms with E-state index < -0.39 is 22.2 Å². The third-order valence-electron chi connectivity index (χ3n) is 3.21. The number of hydrogen-bond acceptors (Lipinski definition) is 6. The van der Waals surface area contributed by atoms with E-state index in [1.165, 1.54) is 26.4 Å². The van der Waals surface area contributed by atoms with Gasteiger partial charge in [-0.05, 0) is 12.1 Å². The normalized spacial score (nSPS) is 23.8. The van der Waals surface area contributed by atoms with Crippen LogP contribution in [-0.4, -0.2) is 62.5 Å². The molecular formula is C12H17NO6S. The summed E-state index contributed by atoms with van der Waals surface area (Å²) in [5, 5.41) is 19.0. The molecule has 1 aromatic carbocycles. The van der Waals surface area contributed by atoms with Crippen LogP contribution < -0.4 is 9.47 Å². The largest absolute Gasteiger partial charge is 0.497 e. The fourth-order valence-corrected chi connectivity index (χ4v) is 3.70. The van der Waals surface area contributed by atoms with Gasteiger partial charge in [0.2, 0.25) is 10.0 Å². The zero-order chi connectivity index (χ0) is 14.9. The molecule has 1 fully saturated rings. The molecular weight excluding hydrogens is 286 g/mol. The Bertz CT molecular complexity index is 578. The van der Waals surface area contributed by atoms with Crippen LogP contribution in [0, 0.1) is 0 Å². The molecule has 0 amide bonds. The molecule has 1 heterocycles. The minimum atomic E-state index is -3.87.